The van der Waals surface area contributed by atoms with Crippen molar-refractivity contribution in [3.05, 3.63) is 36.0 Å². The van der Waals surface area contributed by atoms with Gasteiger partial charge in [0.25, 0.3) is 0 Å². The van der Waals surface area contributed by atoms with Crippen LogP contribution in [0.3, 0.4) is 0 Å². The van der Waals surface area contributed by atoms with Crippen molar-refractivity contribution in [3.63, 3.8) is 0 Å². The summed E-state index contributed by atoms with van der Waals surface area (Å²) in [6, 6.07) is 7.07. The number of aromatic nitrogens is 2. The molecule has 3 aromatic rings. The molecular formula is C18H16B6N6O2. The number of nitrogens with two attached hydrogens (primary N) is 2. The van der Waals surface area contributed by atoms with Crippen molar-refractivity contribution in [2.75, 3.05) is 12.1 Å². The molecule has 1 amide bonds. The van der Waals surface area contributed by atoms with Crippen LogP contribution in [0.1, 0.15) is 5.56 Å². The summed E-state index contributed by atoms with van der Waals surface area (Å²) >= 11 is 0. The first kappa shape index (κ1) is 25.3. The third-order valence-electron chi connectivity index (χ3n) is 4.46. The summed E-state index contributed by atoms with van der Waals surface area (Å²) in [5.74, 6) is 10.6. The van der Waals surface area contributed by atoms with Gasteiger partial charge in [-0.2, -0.15) is 0 Å². The van der Waals surface area contributed by atoms with Gasteiger partial charge in [-0.25, -0.2) is 16.4 Å². The lowest BCUT2D eigenvalue weighted by molar-refractivity contribution is -0.109. The molecule has 12 radical (unpaired) electrons. The molecule has 2 aromatic carbocycles. The van der Waals surface area contributed by atoms with Crippen molar-refractivity contribution < 1.29 is 9.53 Å². The molecule has 0 aliphatic rings. The summed E-state index contributed by atoms with van der Waals surface area (Å²) in [4.78, 5) is 8.94. The van der Waals surface area contributed by atoms with Crippen LogP contribution < -0.4 is 59.6 Å². The number of hydrazine groups is 2. The van der Waals surface area contributed by atoms with Crippen LogP contribution in [0, 0.1) is 0 Å². The first-order chi connectivity index (χ1) is 15.1. The summed E-state index contributed by atoms with van der Waals surface area (Å²) < 4.78 is 7.19. The molecule has 0 fully saturated rings. The van der Waals surface area contributed by atoms with Crippen molar-refractivity contribution >= 4 is 92.0 Å². The third kappa shape index (κ3) is 5.44. The van der Waals surface area contributed by atoms with Gasteiger partial charge in [0.2, 0.25) is 12.3 Å². The monoisotopic (exact) mass is 414 g/mol. The van der Waals surface area contributed by atoms with E-state index in [0.29, 0.717) is 23.4 Å². The van der Waals surface area contributed by atoms with E-state index in [0.717, 1.165) is 11.3 Å². The number of nitrogens with zero attached hydrogens (tertiary/aromatic N) is 3. The van der Waals surface area contributed by atoms with E-state index in [2.05, 4.69) is 10.9 Å². The Bertz CT molecular complexity index is 1080. The highest BCUT2D eigenvalue weighted by Crippen LogP contribution is 2.17. The SMILES string of the molecule is NNC=O.[B]c1cccc(N(C)N)c1COc1ccn(-c2c([B])c([B])c([B])c([B])c2[B])n1. The van der Waals surface area contributed by atoms with Gasteiger partial charge in [-0.15, -0.1) is 21.5 Å². The van der Waals surface area contributed by atoms with E-state index < -0.39 is 0 Å². The first-order valence-electron chi connectivity index (χ1n) is 9.09. The molecule has 0 saturated heterocycles. The zero-order valence-corrected chi connectivity index (χ0v) is 17.4. The second-order valence-corrected chi connectivity index (χ2v) is 6.54. The molecule has 0 atom stereocenters. The maximum absolute atomic E-state index is 8.94. The number of benzene rings is 2. The second-order valence-electron chi connectivity index (χ2n) is 6.54. The number of ether oxygens (including phenoxy) is 1. The van der Waals surface area contributed by atoms with Gasteiger partial charge in [-0.3, -0.25) is 10.2 Å². The molecule has 148 valence electrons. The fourth-order valence-corrected chi connectivity index (χ4v) is 2.82. The smallest absolute Gasteiger partial charge is 0.233 e. The molecule has 0 saturated carbocycles. The minimum Gasteiger partial charge on any atom is -0.472 e. The molecule has 5 N–H and O–H groups in total. The summed E-state index contributed by atoms with van der Waals surface area (Å²) in [5.41, 5.74) is 4.91. The maximum atomic E-state index is 8.94. The van der Waals surface area contributed by atoms with E-state index in [1.807, 2.05) is 12.1 Å². The molecule has 1 aromatic heterocycles. The topological polar surface area (TPSA) is 111 Å². The fourth-order valence-electron chi connectivity index (χ4n) is 2.82. The van der Waals surface area contributed by atoms with E-state index in [9.17, 15) is 0 Å². The first-order valence-corrected chi connectivity index (χ1v) is 9.09. The van der Waals surface area contributed by atoms with Crippen molar-refractivity contribution in [2.24, 2.45) is 11.7 Å². The van der Waals surface area contributed by atoms with Crippen molar-refractivity contribution in [3.8, 4) is 11.6 Å². The molecule has 1 heterocycles. The van der Waals surface area contributed by atoms with Gasteiger partial charge in [0, 0.05) is 30.6 Å². The Morgan fingerprint density at radius 3 is 2.16 bits per heavy atom. The molecule has 0 aliphatic carbocycles. The van der Waals surface area contributed by atoms with Crippen LogP contribution in [0.5, 0.6) is 5.88 Å². The van der Waals surface area contributed by atoms with Gasteiger partial charge >= 0.3 is 0 Å². The predicted octanol–water partition coefficient (Wildman–Crippen LogP) is -5.87. The zero-order chi connectivity index (χ0) is 24.0. The summed E-state index contributed by atoms with van der Waals surface area (Å²) in [6.07, 6.45) is 2.02. The molecule has 0 aliphatic heterocycles. The number of hydrogen-bond donors (Lipinski definition) is 3. The van der Waals surface area contributed by atoms with Crippen LogP contribution in [-0.2, 0) is 11.4 Å². The van der Waals surface area contributed by atoms with Crippen LogP contribution in [0.25, 0.3) is 5.69 Å². The Balaban J connectivity index is 0.000000837. The Labute approximate surface area is 194 Å². The van der Waals surface area contributed by atoms with Gasteiger partial charge in [0.05, 0.1) is 5.69 Å². The highest BCUT2D eigenvalue weighted by molar-refractivity contribution is 6.68. The molecule has 32 heavy (non-hydrogen) atoms. The normalized spacial score (nSPS) is 10.1. The van der Waals surface area contributed by atoms with Crippen LogP contribution >= 0.6 is 0 Å². The van der Waals surface area contributed by atoms with Crippen molar-refractivity contribution in [1.82, 2.24) is 15.2 Å². The number of anilines is 1. The minimum atomic E-state index is 0.139. The number of hydrogen-bond acceptors (Lipinski definition) is 6. The Morgan fingerprint density at radius 1 is 1.06 bits per heavy atom. The molecular weight excluding hydrogens is 397 g/mol. The standard InChI is InChI=1S/C17H12B6N4O.CH4N2O/c1-26(24)10-4-2-3-9(18)8(10)7-28-11-5-6-27(25-11)17-15(22)13(20)12(19)14(21)16(17)23;2-3-1-4/h2-6H,7,24H2,1H3;1H,2H2,(H,3,4). The molecule has 0 spiro atoms. The predicted molar refractivity (Wildman–Crippen MR) is 133 cm³/mol. The van der Waals surface area contributed by atoms with E-state index >= 15 is 0 Å². The Morgan fingerprint density at radius 2 is 1.62 bits per heavy atom. The fraction of sp³-hybridized carbons (Fsp3) is 0.111. The van der Waals surface area contributed by atoms with E-state index in [4.69, 9.17) is 62.5 Å². The van der Waals surface area contributed by atoms with E-state index in [-0.39, 0.29) is 33.9 Å². The van der Waals surface area contributed by atoms with Crippen LogP contribution in [0.4, 0.5) is 5.69 Å². The van der Waals surface area contributed by atoms with Crippen molar-refractivity contribution in [2.45, 2.75) is 6.61 Å². The van der Waals surface area contributed by atoms with Crippen LogP contribution in [0.15, 0.2) is 30.5 Å². The number of carbonyl (C=O) groups excluding carboxylic acids is 1. The number of nitrogens with one attached hydrogen (secondary N) is 1. The van der Waals surface area contributed by atoms with Gasteiger partial charge in [0.1, 0.15) is 53.7 Å². The Hall–Kier alpha value is -2.97. The lowest BCUT2D eigenvalue weighted by Gasteiger charge is -2.20. The highest BCUT2D eigenvalue weighted by atomic mass is 16.5. The average Bonchev–Trinajstić information content (AvgIpc) is 3.24. The largest absolute Gasteiger partial charge is 0.472 e. The number of carbonyl (C=O) groups is 1. The third-order valence-corrected chi connectivity index (χ3v) is 4.46. The molecule has 14 heteroatoms. The lowest BCUT2D eigenvalue weighted by Crippen LogP contribution is -2.56. The maximum Gasteiger partial charge on any atom is 0.233 e. The van der Waals surface area contributed by atoms with Crippen LogP contribution in [-0.4, -0.2) is 70.3 Å². The second kappa shape index (κ2) is 11.1. The highest BCUT2D eigenvalue weighted by Gasteiger charge is 2.14. The van der Waals surface area contributed by atoms with E-state index in [1.54, 1.807) is 30.8 Å². The number of amides is 1. The van der Waals surface area contributed by atoms with E-state index in [1.165, 1.54) is 9.69 Å². The molecule has 3 rings (SSSR count). The van der Waals surface area contributed by atoms with Gasteiger partial charge in [0.15, 0.2) is 0 Å². The Kier molecular flexibility index (Phi) is 8.74. The summed E-state index contributed by atoms with van der Waals surface area (Å²) in [7, 11) is 37.5. The minimum absolute atomic E-state index is 0.139. The van der Waals surface area contributed by atoms with Gasteiger partial charge < -0.3 is 9.75 Å². The average molecular weight is 413 g/mol. The quantitative estimate of drug-likeness (QED) is 0.122. The lowest BCUT2D eigenvalue weighted by atomic mass is 9.62. The molecule has 0 unspecified atom stereocenters. The molecule has 8 nitrogen and oxygen atoms in total. The van der Waals surface area contributed by atoms with Gasteiger partial charge in [-0.1, -0.05) is 28.5 Å². The molecule has 0 bridgehead atoms. The summed E-state index contributed by atoms with van der Waals surface area (Å²) in [6.45, 7) is 0.164. The van der Waals surface area contributed by atoms with Crippen molar-refractivity contribution in [1.29, 1.82) is 0 Å². The zero-order valence-electron chi connectivity index (χ0n) is 17.4. The number of rotatable bonds is 6. The summed E-state index contributed by atoms with van der Waals surface area (Å²) in [5, 5.41) is 5.80. The van der Waals surface area contributed by atoms with Gasteiger partial charge in [-0.05, 0) is 6.07 Å². The van der Waals surface area contributed by atoms with Crippen LogP contribution in [0.2, 0.25) is 0 Å².